The Morgan fingerprint density at radius 2 is 2.06 bits per heavy atom. The third kappa shape index (κ3) is 2.00. The number of rotatable bonds is 3. The van der Waals surface area contributed by atoms with Gasteiger partial charge >= 0.3 is 0 Å². The Morgan fingerprint density at radius 1 is 1.33 bits per heavy atom. The molecule has 0 amide bonds. The van der Waals surface area contributed by atoms with Crippen molar-refractivity contribution in [2.45, 2.75) is 25.2 Å². The van der Waals surface area contributed by atoms with Crippen molar-refractivity contribution in [1.29, 1.82) is 5.26 Å². The highest BCUT2D eigenvalue weighted by Gasteiger charge is 2.28. The second-order valence-corrected chi connectivity index (χ2v) is 4.56. The molecule has 0 unspecified atom stereocenters. The van der Waals surface area contributed by atoms with E-state index in [-0.39, 0.29) is 5.82 Å². The molecule has 0 atom stereocenters. The summed E-state index contributed by atoms with van der Waals surface area (Å²) < 4.78 is 14.8. The maximum absolute atomic E-state index is 12.9. The van der Waals surface area contributed by atoms with Gasteiger partial charge in [0.05, 0.1) is 23.9 Å². The monoisotopic (exact) mass is 241 g/mol. The van der Waals surface area contributed by atoms with Crippen LogP contribution in [0.5, 0.6) is 0 Å². The first-order chi connectivity index (χ1) is 8.78. The zero-order valence-electron chi connectivity index (χ0n) is 9.81. The molecule has 1 aliphatic rings. The summed E-state index contributed by atoms with van der Waals surface area (Å²) in [4.78, 5) is 0. The van der Waals surface area contributed by atoms with E-state index in [1.807, 2.05) is 10.7 Å². The van der Waals surface area contributed by atoms with Crippen LogP contribution in [0.2, 0.25) is 0 Å². The first-order valence-electron chi connectivity index (χ1n) is 5.99. The summed E-state index contributed by atoms with van der Waals surface area (Å²) in [5, 5.41) is 13.2. The van der Waals surface area contributed by atoms with Gasteiger partial charge in [0.25, 0.3) is 0 Å². The number of aromatic nitrogens is 2. The number of benzene rings is 1. The Kier molecular flexibility index (Phi) is 2.60. The van der Waals surface area contributed by atoms with Crippen LogP contribution in [0.1, 0.15) is 30.1 Å². The number of hydrogen-bond donors (Lipinski definition) is 0. The number of nitriles is 1. The summed E-state index contributed by atoms with van der Waals surface area (Å²) in [5.74, 6) is 0.283. The fourth-order valence-electron chi connectivity index (χ4n) is 2.07. The van der Waals surface area contributed by atoms with Crippen LogP contribution in [0.15, 0.2) is 30.3 Å². The van der Waals surface area contributed by atoms with Gasteiger partial charge in [-0.3, -0.25) is 0 Å². The highest BCUT2D eigenvalue weighted by atomic mass is 19.1. The Bertz CT molecular complexity index is 603. The van der Waals surface area contributed by atoms with Crippen molar-refractivity contribution in [2.75, 3.05) is 0 Å². The van der Waals surface area contributed by atoms with Gasteiger partial charge in [-0.25, -0.2) is 9.07 Å². The van der Waals surface area contributed by atoms with Gasteiger partial charge in [-0.05, 0) is 43.2 Å². The van der Waals surface area contributed by atoms with Crippen molar-refractivity contribution in [3.05, 3.63) is 47.5 Å². The van der Waals surface area contributed by atoms with Crippen molar-refractivity contribution in [3.63, 3.8) is 0 Å². The molecule has 1 saturated carbocycles. The van der Waals surface area contributed by atoms with E-state index in [0.29, 0.717) is 12.3 Å². The molecule has 18 heavy (non-hydrogen) atoms. The molecule has 90 valence electrons. The SMILES string of the molecule is N#CCc1cc(C2CC2)n(-c2ccc(F)cc2)n1. The summed E-state index contributed by atoms with van der Waals surface area (Å²) in [5.41, 5.74) is 2.76. The molecular weight excluding hydrogens is 229 g/mol. The van der Waals surface area contributed by atoms with Crippen LogP contribution in [-0.4, -0.2) is 9.78 Å². The van der Waals surface area contributed by atoms with Gasteiger partial charge in [-0.2, -0.15) is 10.4 Å². The average Bonchev–Trinajstić information content (AvgIpc) is 3.13. The van der Waals surface area contributed by atoms with Crippen molar-refractivity contribution in [3.8, 4) is 11.8 Å². The zero-order valence-corrected chi connectivity index (χ0v) is 9.81. The minimum absolute atomic E-state index is 0.254. The van der Waals surface area contributed by atoms with E-state index >= 15 is 0 Å². The summed E-state index contributed by atoms with van der Waals surface area (Å²) >= 11 is 0. The van der Waals surface area contributed by atoms with E-state index < -0.39 is 0 Å². The van der Waals surface area contributed by atoms with Crippen molar-refractivity contribution >= 4 is 0 Å². The third-order valence-electron chi connectivity index (χ3n) is 3.11. The van der Waals surface area contributed by atoms with Crippen molar-refractivity contribution in [2.24, 2.45) is 0 Å². The Balaban J connectivity index is 2.04. The molecule has 0 radical (unpaired) electrons. The highest BCUT2D eigenvalue weighted by molar-refractivity contribution is 5.36. The fourth-order valence-corrected chi connectivity index (χ4v) is 2.07. The topological polar surface area (TPSA) is 41.6 Å². The predicted molar refractivity (Wildman–Crippen MR) is 64.8 cm³/mol. The number of nitrogens with zero attached hydrogens (tertiary/aromatic N) is 3. The molecule has 1 aliphatic carbocycles. The van der Waals surface area contributed by atoms with Crippen LogP contribution in [-0.2, 0) is 6.42 Å². The Morgan fingerprint density at radius 3 is 2.67 bits per heavy atom. The smallest absolute Gasteiger partial charge is 0.123 e. The first kappa shape index (κ1) is 11.0. The number of halogens is 1. The zero-order chi connectivity index (χ0) is 12.5. The second kappa shape index (κ2) is 4.26. The van der Waals surface area contributed by atoms with Gasteiger partial charge in [0.2, 0.25) is 0 Å². The fraction of sp³-hybridized carbons (Fsp3) is 0.286. The van der Waals surface area contributed by atoms with Crippen LogP contribution in [0.4, 0.5) is 4.39 Å². The van der Waals surface area contributed by atoms with E-state index in [9.17, 15) is 4.39 Å². The lowest BCUT2D eigenvalue weighted by molar-refractivity contribution is 0.626. The quantitative estimate of drug-likeness (QED) is 0.829. The summed E-state index contributed by atoms with van der Waals surface area (Å²) in [7, 11) is 0. The average molecular weight is 241 g/mol. The maximum atomic E-state index is 12.9. The van der Waals surface area contributed by atoms with Crippen LogP contribution < -0.4 is 0 Å². The van der Waals surface area contributed by atoms with Gasteiger partial charge < -0.3 is 0 Å². The van der Waals surface area contributed by atoms with E-state index in [2.05, 4.69) is 11.2 Å². The third-order valence-corrected chi connectivity index (χ3v) is 3.11. The Labute approximate surface area is 104 Å². The van der Waals surface area contributed by atoms with Gasteiger partial charge in [-0.15, -0.1) is 0 Å². The van der Waals surface area contributed by atoms with Crippen LogP contribution in [0.3, 0.4) is 0 Å². The van der Waals surface area contributed by atoms with Gasteiger partial charge in [0, 0.05) is 11.6 Å². The molecule has 1 heterocycles. The molecule has 2 aromatic rings. The molecule has 3 rings (SSSR count). The number of hydrogen-bond acceptors (Lipinski definition) is 2. The van der Waals surface area contributed by atoms with Crippen LogP contribution >= 0.6 is 0 Å². The van der Waals surface area contributed by atoms with E-state index in [1.54, 1.807) is 12.1 Å². The summed E-state index contributed by atoms with van der Waals surface area (Å²) in [6.45, 7) is 0. The van der Waals surface area contributed by atoms with Gasteiger partial charge in [0.1, 0.15) is 5.82 Å². The minimum atomic E-state index is -0.254. The standard InChI is InChI=1S/C14H12FN3/c15-11-3-5-13(6-4-11)18-14(10-1-2-10)9-12(17-18)7-8-16/h3-6,9-10H,1-2,7H2. The molecule has 0 saturated heterocycles. The normalized spacial score (nSPS) is 14.4. The predicted octanol–water partition coefficient (Wildman–Crippen LogP) is 2.95. The lowest BCUT2D eigenvalue weighted by Gasteiger charge is -2.05. The first-order valence-corrected chi connectivity index (χ1v) is 5.99. The van der Waals surface area contributed by atoms with E-state index in [4.69, 9.17) is 5.26 Å². The van der Waals surface area contributed by atoms with Gasteiger partial charge in [0.15, 0.2) is 0 Å². The van der Waals surface area contributed by atoms with Crippen LogP contribution in [0, 0.1) is 17.1 Å². The van der Waals surface area contributed by atoms with E-state index in [0.717, 1.165) is 17.1 Å². The molecule has 0 bridgehead atoms. The maximum Gasteiger partial charge on any atom is 0.123 e. The summed E-state index contributed by atoms with van der Waals surface area (Å²) in [6.07, 6.45) is 2.64. The lowest BCUT2D eigenvalue weighted by atomic mass is 10.2. The Hall–Kier alpha value is -2.15. The second-order valence-electron chi connectivity index (χ2n) is 4.56. The van der Waals surface area contributed by atoms with Gasteiger partial charge in [-0.1, -0.05) is 0 Å². The molecule has 1 fully saturated rings. The summed E-state index contributed by atoms with van der Waals surface area (Å²) in [6, 6.07) is 10.4. The van der Waals surface area contributed by atoms with Crippen LogP contribution in [0.25, 0.3) is 5.69 Å². The largest absolute Gasteiger partial charge is 0.237 e. The lowest BCUT2D eigenvalue weighted by Crippen LogP contribution is -2.01. The molecule has 0 N–H and O–H groups in total. The molecule has 1 aromatic heterocycles. The van der Waals surface area contributed by atoms with Crippen molar-refractivity contribution in [1.82, 2.24) is 9.78 Å². The van der Waals surface area contributed by atoms with Crippen molar-refractivity contribution < 1.29 is 4.39 Å². The molecular formula is C14H12FN3. The molecule has 4 heteroatoms. The molecule has 3 nitrogen and oxygen atoms in total. The molecule has 0 spiro atoms. The molecule has 0 aliphatic heterocycles. The highest BCUT2D eigenvalue weighted by Crippen LogP contribution is 2.41. The van der Waals surface area contributed by atoms with E-state index in [1.165, 1.54) is 25.0 Å². The minimum Gasteiger partial charge on any atom is -0.237 e. The molecule has 1 aromatic carbocycles.